The number of aryl methyl sites for hydroxylation is 1. The highest BCUT2D eigenvalue weighted by atomic mass is 35.5. The quantitative estimate of drug-likeness (QED) is 0.739. The molecule has 1 aromatic carbocycles. The minimum atomic E-state index is -0.582. The molecular formula is C17H15ClN2O5. The van der Waals surface area contributed by atoms with Crippen LogP contribution in [0.3, 0.4) is 0 Å². The Hall–Kier alpha value is -2.80. The maximum atomic E-state index is 12.3. The zero-order valence-electron chi connectivity index (χ0n) is 13.5. The SMILES string of the molecule is CCc1cc(=O)oc2nc(OC(C)c3cc(O)cc(Cl)c3)[nH]c(=O)c12. The molecule has 0 saturated heterocycles. The minimum Gasteiger partial charge on any atom is -0.508 e. The average Bonchev–Trinajstić information content (AvgIpc) is 2.52. The number of phenols is 1. The summed E-state index contributed by atoms with van der Waals surface area (Å²) in [4.78, 5) is 30.5. The lowest BCUT2D eigenvalue weighted by Crippen LogP contribution is -2.16. The van der Waals surface area contributed by atoms with Gasteiger partial charge in [0.25, 0.3) is 11.6 Å². The standard InChI is InChI=1S/C17H15ClN2O5/c1-3-9-6-13(22)25-16-14(9)15(23)19-17(20-16)24-8(2)10-4-11(18)7-12(21)5-10/h4-8,21H,3H2,1-2H3,(H,19,20,23). The van der Waals surface area contributed by atoms with Gasteiger partial charge in [-0.15, -0.1) is 0 Å². The molecule has 0 fully saturated rings. The summed E-state index contributed by atoms with van der Waals surface area (Å²) in [5.74, 6) is -0.00324. The molecule has 7 nitrogen and oxygen atoms in total. The van der Waals surface area contributed by atoms with Crippen molar-refractivity contribution in [2.45, 2.75) is 26.4 Å². The Morgan fingerprint density at radius 3 is 2.76 bits per heavy atom. The Balaban J connectivity index is 2.02. The van der Waals surface area contributed by atoms with Crippen LogP contribution in [-0.2, 0) is 6.42 Å². The van der Waals surface area contributed by atoms with Crippen LogP contribution in [0.5, 0.6) is 11.8 Å². The fraction of sp³-hybridized carbons (Fsp3) is 0.235. The summed E-state index contributed by atoms with van der Waals surface area (Å²) in [6.45, 7) is 3.53. The van der Waals surface area contributed by atoms with Crippen molar-refractivity contribution >= 4 is 22.7 Å². The molecule has 0 aliphatic rings. The van der Waals surface area contributed by atoms with Crippen molar-refractivity contribution in [2.24, 2.45) is 0 Å². The number of H-pyrrole nitrogens is 1. The van der Waals surface area contributed by atoms with Crippen LogP contribution >= 0.6 is 11.6 Å². The van der Waals surface area contributed by atoms with Crippen LogP contribution in [-0.4, -0.2) is 15.1 Å². The largest absolute Gasteiger partial charge is 0.508 e. The van der Waals surface area contributed by atoms with E-state index >= 15 is 0 Å². The molecule has 0 amide bonds. The molecule has 0 spiro atoms. The van der Waals surface area contributed by atoms with E-state index in [2.05, 4.69) is 9.97 Å². The number of hydrogen-bond donors (Lipinski definition) is 2. The second kappa shape index (κ2) is 6.60. The summed E-state index contributed by atoms with van der Waals surface area (Å²) in [6, 6.07) is 5.69. The third-order valence-corrected chi connectivity index (χ3v) is 3.94. The van der Waals surface area contributed by atoms with Gasteiger partial charge in [-0.25, -0.2) is 4.79 Å². The molecule has 2 heterocycles. The number of fused-ring (bicyclic) bond motifs is 1. The Kier molecular flexibility index (Phi) is 4.50. The predicted molar refractivity (Wildman–Crippen MR) is 92.4 cm³/mol. The fourth-order valence-corrected chi connectivity index (χ4v) is 2.77. The summed E-state index contributed by atoms with van der Waals surface area (Å²) in [7, 11) is 0. The highest BCUT2D eigenvalue weighted by Crippen LogP contribution is 2.26. The number of phenolic OH excluding ortho intramolecular Hbond substituents is 1. The third-order valence-electron chi connectivity index (χ3n) is 3.72. The molecule has 2 aromatic heterocycles. The Labute approximate surface area is 146 Å². The first-order valence-electron chi connectivity index (χ1n) is 7.60. The zero-order valence-corrected chi connectivity index (χ0v) is 14.3. The number of aromatic amines is 1. The van der Waals surface area contributed by atoms with Crippen LogP contribution < -0.4 is 15.9 Å². The summed E-state index contributed by atoms with van der Waals surface area (Å²) in [5, 5.41) is 10.2. The van der Waals surface area contributed by atoms with Crippen molar-refractivity contribution in [3.63, 3.8) is 0 Å². The normalized spacial score (nSPS) is 12.3. The second-order valence-corrected chi connectivity index (χ2v) is 5.93. The van der Waals surface area contributed by atoms with Crippen molar-refractivity contribution in [3.05, 3.63) is 61.2 Å². The molecule has 0 aliphatic carbocycles. The van der Waals surface area contributed by atoms with Gasteiger partial charge in [0.2, 0.25) is 5.71 Å². The second-order valence-electron chi connectivity index (χ2n) is 5.50. The number of nitrogens with zero attached hydrogens (tertiary/aromatic N) is 1. The minimum absolute atomic E-state index is 0.00324. The zero-order chi connectivity index (χ0) is 18.1. The van der Waals surface area contributed by atoms with Crippen molar-refractivity contribution < 1.29 is 14.3 Å². The van der Waals surface area contributed by atoms with E-state index in [0.29, 0.717) is 22.6 Å². The van der Waals surface area contributed by atoms with Crippen LogP contribution in [0, 0.1) is 0 Å². The third kappa shape index (κ3) is 3.51. The van der Waals surface area contributed by atoms with E-state index in [1.807, 2.05) is 6.92 Å². The Morgan fingerprint density at radius 1 is 1.32 bits per heavy atom. The molecule has 0 aliphatic heterocycles. The molecule has 3 rings (SSSR count). The summed E-state index contributed by atoms with van der Waals surface area (Å²) < 4.78 is 10.6. The molecule has 3 aromatic rings. The van der Waals surface area contributed by atoms with Crippen LogP contribution in [0.1, 0.15) is 31.1 Å². The van der Waals surface area contributed by atoms with Gasteiger partial charge in [-0.3, -0.25) is 9.78 Å². The smallest absolute Gasteiger partial charge is 0.337 e. The number of halogens is 1. The predicted octanol–water partition coefficient (Wildman–Crippen LogP) is 2.94. The topological polar surface area (TPSA) is 105 Å². The van der Waals surface area contributed by atoms with Crippen molar-refractivity contribution in [3.8, 4) is 11.8 Å². The van der Waals surface area contributed by atoms with Gasteiger partial charge >= 0.3 is 5.63 Å². The van der Waals surface area contributed by atoms with Crippen LogP contribution in [0.15, 0.2) is 38.3 Å². The van der Waals surface area contributed by atoms with Gasteiger partial charge in [0.15, 0.2) is 0 Å². The first kappa shape index (κ1) is 17.0. The van der Waals surface area contributed by atoms with Crippen LogP contribution in [0.2, 0.25) is 5.02 Å². The first-order valence-corrected chi connectivity index (χ1v) is 7.98. The average molecular weight is 363 g/mol. The van der Waals surface area contributed by atoms with Gasteiger partial charge < -0.3 is 14.3 Å². The number of nitrogens with one attached hydrogen (secondary N) is 1. The molecule has 130 valence electrons. The van der Waals surface area contributed by atoms with Crippen molar-refractivity contribution in [1.29, 1.82) is 0 Å². The fourth-order valence-electron chi connectivity index (χ4n) is 2.53. The monoisotopic (exact) mass is 362 g/mol. The van der Waals surface area contributed by atoms with Crippen molar-refractivity contribution in [2.75, 3.05) is 0 Å². The molecular weight excluding hydrogens is 348 g/mol. The number of aromatic nitrogens is 2. The van der Waals surface area contributed by atoms with Crippen LogP contribution in [0.4, 0.5) is 0 Å². The van der Waals surface area contributed by atoms with E-state index in [1.165, 1.54) is 18.2 Å². The number of rotatable bonds is 4. The molecule has 2 N–H and O–H groups in total. The highest BCUT2D eigenvalue weighted by molar-refractivity contribution is 6.30. The van der Waals surface area contributed by atoms with Gasteiger partial charge in [-0.1, -0.05) is 18.5 Å². The summed E-state index contributed by atoms with van der Waals surface area (Å²) >= 11 is 5.91. The van der Waals surface area contributed by atoms with Crippen LogP contribution in [0.25, 0.3) is 11.1 Å². The van der Waals surface area contributed by atoms with Gasteiger partial charge in [0, 0.05) is 11.1 Å². The summed E-state index contributed by atoms with van der Waals surface area (Å²) in [5.41, 5.74) is 0.0306. The molecule has 0 radical (unpaired) electrons. The van der Waals surface area contributed by atoms with E-state index in [1.54, 1.807) is 13.0 Å². The molecule has 0 bridgehead atoms. The maximum absolute atomic E-state index is 12.3. The number of ether oxygens (including phenoxy) is 1. The van der Waals surface area contributed by atoms with E-state index in [4.69, 9.17) is 20.8 Å². The van der Waals surface area contributed by atoms with Gasteiger partial charge in [-0.05, 0) is 42.7 Å². The molecule has 1 atom stereocenters. The lowest BCUT2D eigenvalue weighted by molar-refractivity contribution is 0.206. The lowest BCUT2D eigenvalue weighted by Gasteiger charge is -2.14. The van der Waals surface area contributed by atoms with Gasteiger partial charge in [0.1, 0.15) is 17.2 Å². The lowest BCUT2D eigenvalue weighted by atomic mass is 10.1. The van der Waals surface area contributed by atoms with E-state index in [-0.39, 0.29) is 22.9 Å². The molecule has 8 heteroatoms. The molecule has 25 heavy (non-hydrogen) atoms. The molecule has 0 saturated carbocycles. The summed E-state index contributed by atoms with van der Waals surface area (Å²) in [6.07, 6.45) is -0.0723. The van der Waals surface area contributed by atoms with E-state index in [9.17, 15) is 14.7 Å². The highest BCUT2D eigenvalue weighted by Gasteiger charge is 2.15. The number of aromatic hydroxyl groups is 1. The van der Waals surface area contributed by atoms with Gasteiger partial charge in [0.05, 0.1) is 0 Å². The van der Waals surface area contributed by atoms with Crippen molar-refractivity contribution in [1.82, 2.24) is 9.97 Å². The first-order chi connectivity index (χ1) is 11.9. The number of hydrogen-bond acceptors (Lipinski definition) is 6. The van der Waals surface area contributed by atoms with E-state index < -0.39 is 17.3 Å². The van der Waals surface area contributed by atoms with Gasteiger partial charge in [-0.2, -0.15) is 4.98 Å². The molecule has 1 unspecified atom stereocenters. The Morgan fingerprint density at radius 2 is 2.08 bits per heavy atom. The Bertz CT molecular complexity index is 1040. The van der Waals surface area contributed by atoms with E-state index in [0.717, 1.165) is 0 Å². The number of benzene rings is 1. The maximum Gasteiger partial charge on any atom is 0.337 e.